The van der Waals surface area contributed by atoms with Crippen LogP contribution in [0.5, 0.6) is 5.75 Å². The van der Waals surface area contributed by atoms with E-state index in [1.807, 2.05) is 46.8 Å². The minimum absolute atomic E-state index is 0.0495. The molecule has 0 aliphatic carbocycles. The number of rotatable bonds is 18. The molecular weight excluding hydrogens is 478 g/mol. The third kappa shape index (κ3) is 11.4. The number of hydrogen-bond acceptors (Lipinski definition) is 7. The van der Waals surface area contributed by atoms with Crippen molar-refractivity contribution in [3.05, 3.63) is 29.8 Å². The van der Waals surface area contributed by atoms with E-state index in [-0.39, 0.29) is 37.2 Å². The molecule has 1 heterocycles. The minimum atomic E-state index is -0.994. The van der Waals surface area contributed by atoms with Gasteiger partial charge >= 0.3 is 0 Å². The van der Waals surface area contributed by atoms with Crippen LogP contribution in [0.3, 0.4) is 0 Å². The van der Waals surface area contributed by atoms with Crippen molar-refractivity contribution in [2.24, 2.45) is 4.99 Å². The van der Waals surface area contributed by atoms with E-state index in [4.69, 9.17) is 9.73 Å². The molecule has 0 radical (unpaired) electrons. The number of ether oxygens (including phenoxy) is 1. The first kappa shape index (κ1) is 32.2. The summed E-state index contributed by atoms with van der Waals surface area (Å²) in [6.45, 7) is 12.3. The van der Waals surface area contributed by atoms with E-state index in [0.29, 0.717) is 6.42 Å². The summed E-state index contributed by atoms with van der Waals surface area (Å²) in [5, 5.41) is 22.9. The predicted octanol–water partition coefficient (Wildman–Crippen LogP) is 4.61. The van der Waals surface area contributed by atoms with Gasteiger partial charge in [-0.25, -0.2) is 4.99 Å². The maximum absolute atomic E-state index is 12.3. The number of hydrogen-bond donors (Lipinski definition) is 5. The first-order chi connectivity index (χ1) is 18.2. The van der Waals surface area contributed by atoms with Crippen molar-refractivity contribution in [1.29, 1.82) is 0 Å². The second-order valence-corrected chi connectivity index (χ2v) is 10.9. The Balaban J connectivity index is 2.03. The van der Waals surface area contributed by atoms with Gasteiger partial charge in [0.25, 0.3) is 0 Å². The molecule has 0 bridgehead atoms. The van der Waals surface area contributed by atoms with E-state index < -0.39 is 12.0 Å². The molecule has 1 aromatic rings. The first-order valence-corrected chi connectivity index (χ1v) is 14.7. The number of benzene rings is 1. The molecule has 216 valence electrons. The van der Waals surface area contributed by atoms with Crippen LogP contribution in [0.25, 0.3) is 0 Å². The quantitative estimate of drug-likeness (QED) is 0.140. The Morgan fingerprint density at radius 1 is 0.974 bits per heavy atom. The number of aliphatic hydroxyl groups excluding tert-OH is 1. The molecule has 1 aliphatic rings. The molecule has 38 heavy (non-hydrogen) atoms. The van der Waals surface area contributed by atoms with Crippen LogP contribution in [-0.2, 0) is 11.2 Å². The van der Waals surface area contributed by atoms with Gasteiger partial charge in [0.15, 0.2) is 0 Å². The van der Waals surface area contributed by atoms with E-state index in [1.165, 1.54) is 50.5 Å². The molecule has 5 atom stereocenters. The fourth-order valence-corrected chi connectivity index (χ4v) is 4.92. The number of unbranched alkanes of at least 4 members (excludes halogenated alkanes) is 6. The molecule has 5 unspecified atom stereocenters. The zero-order valence-corrected chi connectivity index (χ0v) is 24.6. The van der Waals surface area contributed by atoms with Crippen LogP contribution in [0.15, 0.2) is 29.3 Å². The van der Waals surface area contributed by atoms with Crippen LogP contribution < -0.4 is 26.0 Å². The molecule has 1 aromatic carbocycles. The van der Waals surface area contributed by atoms with Crippen molar-refractivity contribution in [2.75, 3.05) is 6.54 Å². The van der Waals surface area contributed by atoms with Gasteiger partial charge in [-0.05, 0) is 64.7 Å². The molecule has 8 heteroatoms. The van der Waals surface area contributed by atoms with Crippen LogP contribution in [0.2, 0.25) is 0 Å². The molecule has 1 amide bonds. The third-order valence-electron chi connectivity index (χ3n) is 7.13. The average molecular weight is 532 g/mol. The lowest BCUT2D eigenvalue weighted by atomic mass is 10.0. The van der Waals surface area contributed by atoms with Gasteiger partial charge in [0.2, 0.25) is 11.6 Å². The summed E-state index contributed by atoms with van der Waals surface area (Å²) in [6, 6.07) is 8.08. The van der Waals surface area contributed by atoms with E-state index in [0.717, 1.165) is 17.9 Å². The van der Waals surface area contributed by atoms with Crippen LogP contribution in [0.1, 0.15) is 105 Å². The summed E-state index contributed by atoms with van der Waals surface area (Å²) in [4.78, 5) is 17.2. The zero-order valence-electron chi connectivity index (χ0n) is 24.6. The lowest BCUT2D eigenvalue weighted by Gasteiger charge is -2.38. The highest BCUT2D eigenvalue weighted by Gasteiger charge is 2.41. The van der Waals surface area contributed by atoms with Crippen molar-refractivity contribution < 1.29 is 14.6 Å². The number of aryl methyl sites for hydroxylation is 1. The molecule has 0 spiro atoms. The molecular formula is C30H53N5O3. The standard InChI is InChI=1S/C30H53N5O3/c1-7-9-10-11-12-13-14-15-26-16-18-27(19-17-26)38-30(21-31-29(37)20-22(3)35-30)23(4)32-24(5)33-25(6)34-28(36)8-2/h16-19,23-25,28,32-34,36H,7-15,20-21H2,1-6H3,(H,31,37). The SMILES string of the molecule is CCCCCCCCCc1ccc(OC2(C(C)NC(C)NC(C)NC(O)CC)CNC(=O)CC(C)=N2)cc1. The van der Waals surface area contributed by atoms with Gasteiger partial charge in [-0.1, -0.05) is 64.5 Å². The fraction of sp³-hybridized carbons (Fsp3) is 0.733. The Morgan fingerprint density at radius 2 is 1.61 bits per heavy atom. The monoisotopic (exact) mass is 531 g/mol. The number of amides is 1. The van der Waals surface area contributed by atoms with Crippen molar-refractivity contribution in [2.45, 2.75) is 136 Å². The Labute approximate surface area is 230 Å². The van der Waals surface area contributed by atoms with Gasteiger partial charge in [0, 0.05) is 5.71 Å². The number of carbonyl (C=O) groups excluding carboxylic acids is 1. The number of carbonyl (C=O) groups is 1. The summed E-state index contributed by atoms with van der Waals surface area (Å²) in [5.41, 5.74) is 1.06. The summed E-state index contributed by atoms with van der Waals surface area (Å²) in [7, 11) is 0. The van der Waals surface area contributed by atoms with E-state index in [2.05, 4.69) is 40.3 Å². The fourth-order valence-electron chi connectivity index (χ4n) is 4.92. The molecule has 0 fully saturated rings. The highest BCUT2D eigenvalue weighted by atomic mass is 16.5. The van der Waals surface area contributed by atoms with Crippen molar-refractivity contribution in [1.82, 2.24) is 21.3 Å². The Hall–Kier alpha value is -2.00. The van der Waals surface area contributed by atoms with Crippen molar-refractivity contribution in [3.8, 4) is 5.75 Å². The largest absolute Gasteiger partial charge is 0.463 e. The summed E-state index contributed by atoms with van der Waals surface area (Å²) in [5.74, 6) is 0.683. The number of aliphatic hydroxyl groups is 1. The number of aliphatic imine (C=N–C) groups is 1. The van der Waals surface area contributed by atoms with E-state index in [1.54, 1.807) is 0 Å². The average Bonchev–Trinajstić information content (AvgIpc) is 3.01. The minimum Gasteiger partial charge on any atom is -0.463 e. The van der Waals surface area contributed by atoms with Gasteiger partial charge < -0.3 is 15.2 Å². The molecule has 0 saturated heterocycles. The van der Waals surface area contributed by atoms with Gasteiger partial charge in [-0.3, -0.25) is 20.7 Å². The topological polar surface area (TPSA) is 107 Å². The van der Waals surface area contributed by atoms with Crippen LogP contribution >= 0.6 is 0 Å². The maximum atomic E-state index is 12.3. The third-order valence-corrected chi connectivity index (χ3v) is 7.13. The van der Waals surface area contributed by atoms with Gasteiger partial charge in [0.1, 0.15) is 12.0 Å². The summed E-state index contributed by atoms with van der Waals surface area (Å²) >= 11 is 0. The highest BCUT2D eigenvalue weighted by molar-refractivity contribution is 6.00. The lowest BCUT2D eigenvalue weighted by molar-refractivity contribution is -0.120. The Morgan fingerprint density at radius 3 is 2.26 bits per heavy atom. The molecule has 8 nitrogen and oxygen atoms in total. The molecule has 5 N–H and O–H groups in total. The van der Waals surface area contributed by atoms with Crippen molar-refractivity contribution >= 4 is 11.6 Å². The lowest BCUT2D eigenvalue weighted by Crippen LogP contribution is -2.62. The molecule has 0 aromatic heterocycles. The molecule has 1 aliphatic heterocycles. The van der Waals surface area contributed by atoms with E-state index in [9.17, 15) is 9.90 Å². The van der Waals surface area contributed by atoms with Crippen molar-refractivity contribution in [3.63, 3.8) is 0 Å². The second kappa shape index (κ2) is 16.9. The predicted molar refractivity (Wildman–Crippen MR) is 156 cm³/mol. The molecule has 0 saturated carbocycles. The Bertz CT molecular complexity index is 847. The highest BCUT2D eigenvalue weighted by Crippen LogP contribution is 2.26. The Kier molecular flexibility index (Phi) is 14.3. The normalized spacial score (nSPS) is 21.1. The van der Waals surface area contributed by atoms with Gasteiger partial charge in [-0.15, -0.1) is 0 Å². The summed E-state index contributed by atoms with van der Waals surface area (Å²) in [6.07, 6.45) is 10.3. The number of nitrogens with one attached hydrogen (secondary N) is 4. The van der Waals surface area contributed by atoms with Crippen LogP contribution in [-0.4, -0.2) is 53.6 Å². The van der Waals surface area contributed by atoms with Crippen LogP contribution in [0.4, 0.5) is 0 Å². The second-order valence-electron chi connectivity index (χ2n) is 10.9. The van der Waals surface area contributed by atoms with E-state index >= 15 is 0 Å². The smallest absolute Gasteiger partial charge is 0.232 e. The van der Waals surface area contributed by atoms with Gasteiger partial charge in [0.05, 0.1) is 31.3 Å². The zero-order chi connectivity index (χ0) is 28.0. The summed E-state index contributed by atoms with van der Waals surface area (Å²) < 4.78 is 6.58. The van der Waals surface area contributed by atoms with Crippen LogP contribution in [0, 0.1) is 0 Å². The maximum Gasteiger partial charge on any atom is 0.232 e. The first-order valence-electron chi connectivity index (χ1n) is 14.7. The van der Waals surface area contributed by atoms with Gasteiger partial charge in [-0.2, -0.15) is 0 Å². The molecule has 2 rings (SSSR count). The number of nitrogens with zero attached hydrogens (tertiary/aromatic N) is 1.